The number of nitrogens with two attached hydrogens (primary N) is 1. The molecule has 0 fully saturated rings. The quantitative estimate of drug-likeness (QED) is 0.899. The molecule has 1 atom stereocenters. The molecule has 0 aliphatic carbocycles. The molecule has 0 aliphatic heterocycles. The molecule has 0 amide bonds. The maximum absolute atomic E-state index is 6.09. The Labute approximate surface area is 119 Å². The summed E-state index contributed by atoms with van der Waals surface area (Å²) in [6, 6.07) is 12.8. The molecule has 0 spiro atoms. The Morgan fingerprint density at radius 3 is 2.79 bits per heavy atom. The standard InChI is InChI=1S/C16H20N2S/c1-3-14(17)11-13-10-12(2)7-8-15(13)19-16-6-4-5-9-18-16/h4-10,14H,3,11,17H2,1-2H3. The maximum atomic E-state index is 6.09. The van der Waals surface area contributed by atoms with E-state index >= 15 is 0 Å². The van der Waals surface area contributed by atoms with Crippen LogP contribution in [0.25, 0.3) is 0 Å². The number of nitrogens with zero attached hydrogens (tertiary/aromatic N) is 1. The van der Waals surface area contributed by atoms with Gasteiger partial charge in [0.25, 0.3) is 0 Å². The SMILES string of the molecule is CCC(N)Cc1cc(C)ccc1Sc1ccccn1. The average molecular weight is 272 g/mol. The predicted octanol–water partition coefficient (Wildman–Crippen LogP) is 3.82. The van der Waals surface area contributed by atoms with E-state index in [9.17, 15) is 0 Å². The first kappa shape index (κ1) is 14.1. The van der Waals surface area contributed by atoms with Crippen molar-refractivity contribution in [1.29, 1.82) is 0 Å². The van der Waals surface area contributed by atoms with E-state index in [0.29, 0.717) is 0 Å². The van der Waals surface area contributed by atoms with Gasteiger partial charge in [-0.2, -0.15) is 0 Å². The molecular formula is C16H20N2S. The number of hydrogen-bond acceptors (Lipinski definition) is 3. The third kappa shape index (κ3) is 4.08. The highest BCUT2D eigenvalue weighted by molar-refractivity contribution is 7.99. The molecule has 1 heterocycles. The minimum absolute atomic E-state index is 0.227. The molecule has 2 rings (SSSR count). The molecule has 19 heavy (non-hydrogen) atoms. The van der Waals surface area contributed by atoms with Gasteiger partial charge in [0.05, 0.1) is 0 Å². The molecule has 0 radical (unpaired) electrons. The summed E-state index contributed by atoms with van der Waals surface area (Å²) < 4.78 is 0. The Kier molecular flexibility index (Phi) is 5.00. The van der Waals surface area contributed by atoms with E-state index in [4.69, 9.17) is 5.73 Å². The van der Waals surface area contributed by atoms with Crippen molar-refractivity contribution in [2.75, 3.05) is 0 Å². The Balaban J connectivity index is 2.24. The molecule has 0 saturated carbocycles. The summed E-state index contributed by atoms with van der Waals surface area (Å²) in [5.74, 6) is 0. The lowest BCUT2D eigenvalue weighted by atomic mass is 10.0. The van der Waals surface area contributed by atoms with Crippen molar-refractivity contribution in [2.24, 2.45) is 5.73 Å². The number of aromatic nitrogens is 1. The number of rotatable bonds is 5. The summed E-state index contributed by atoms with van der Waals surface area (Å²) >= 11 is 1.71. The molecular weight excluding hydrogens is 252 g/mol. The zero-order chi connectivity index (χ0) is 13.7. The minimum atomic E-state index is 0.227. The van der Waals surface area contributed by atoms with Crippen LogP contribution in [-0.4, -0.2) is 11.0 Å². The first-order chi connectivity index (χ1) is 9.19. The van der Waals surface area contributed by atoms with Gasteiger partial charge in [-0.3, -0.25) is 0 Å². The fraction of sp³-hybridized carbons (Fsp3) is 0.312. The highest BCUT2D eigenvalue weighted by atomic mass is 32.2. The molecule has 100 valence electrons. The topological polar surface area (TPSA) is 38.9 Å². The molecule has 1 unspecified atom stereocenters. The first-order valence-electron chi connectivity index (χ1n) is 6.63. The van der Waals surface area contributed by atoms with Gasteiger partial charge < -0.3 is 5.73 Å². The van der Waals surface area contributed by atoms with Crippen LogP contribution in [0.1, 0.15) is 24.5 Å². The molecule has 3 heteroatoms. The largest absolute Gasteiger partial charge is 0.327 e. The molecule has 0 aliphatic rings. The third-order valence-electron chi connectivity index (χ3n) is 3.07. The summed E-state index contributed by atoms with van der Waals surface area (Å²) in [6.07, 6.45) is 3.75. The van der Waals surface area contributed by atoms with Crippen molar-refractivity contribution in [3.05, 3.63) is 53.7 Å². The molecule has 0 bridgehead atoms. The summed E-state index contributed by atoms with van der Waals surface area (Å²) in [7, 11) is 0. The lowest BCUT2D eigenvalue weighted by Crippen LogP contribution is -2.21. The van der Waals surface area contributed by atoms with E-state index in [1.54, 1.807) is 11.8 Å². The number of aryl methyl sites for hydroxylation is 1. The van der Waals surface area contributed by atoms with Crippen molar-refractivity contribution < 1.29 is 0 Å². The van der Waals surface area contributed by atoms with Crippen LogP contribution in [0.4, 0.5) is 0 Å². The fourth-order valence-electron chi connectivity index (χ4n) is 1.91. The van der Waals surface area contributed by atoms with Crippen LogP contribution in [0.2, 0.25) is 0 Å². The number of benzene rings is 1. The molecule has 1 aromatic heterocycles. The smallest absolute Gasteiger partial charge is 0.101 e. The lowest BCUT2D eigenvalue weighted by molar-refractivity contribution is 0.641. The second kappa shape index (κ2) is 6.73. The van der Waals surface area contributed by atoms with Crippen molar-refractivity contribution in [1.82, 2.24) is 4.98 Å². The van der Waals surface area contributed by atoms with Crippen LogP contribution < -0.4 is 5.73 Å². The van der Waals surface area contributed by atoms with Crippen molar-refractivity contribution >= 4 is 11.8 Å². The average Bonchev–Trinajstić information content (AvgIpc) is 2.43. The van der Waals surface area contributed by atoms with Crippen LogP contribution >= 0.6 is 11.8 Å². The second-order valence-electron chi connectivity index (χ2n) is 4.75. The van der Waals surface area contributed by atoms with E-state index in [2.05, 4.69) is 37.0 Å². The minimum Gasteiger partial charge on any atom is -0.327 e. The van der Waals surface area contributed by atoms with E-state index in [0.717, 1.165) is 17.9 Å². The van der Waals surface area contributed by atoms with Gasteiger partial charge in [0, 0.05) is 17.1 Å². The third-order valence-corrected chi connectivity index (χ3v) is 4.14. The normalized spacial score (nSPS) is 12.4. The highest BCUT2D eigenvalue weighted by Crippen LogP contribution is 2.30. The van der Waals surface area contributed by atoms with E-state index in [-0.39, 0.29) is 6.04 Å². The van der Waals surface area contributed by atoms with Crippen LogP contribution in [0, 0.1) is 6.92 Å². The molecule has 2 N–H and O–H groups in total. The molecule has 2 aromatic rings. The van der Waals surface area contributed by atoms with Gasteiger partial charge in [-0.1, -0.05) is 42.4 Å². The Morgan fingerprint density at radius 2 is 2.11 bits per heavy atom. The zero-order valence-electron chi connectivity index (χ0n) is 11.5. The van der Waals surface area contributed by atoms with E-state index < -0.39 is 0 Å². The fourth-order valence-corrected chi connectivity index (χ4v) is 2.81. The lowest BCUT2D eigenvalue weighted by Gasteiger charge is -2.13. The first-order valence-corrected chi connectivity index (χ1v) is 7.44. The Bertz CT molecular complexity index is 526. The second-order valence-corrected chi connectivity index (χ2v) is 5.82. The van der Waals surface area contributed by atoms with Crippen LogP contribution in [0.15, 0.2) is 52.5 Å². The summed E-state index contributed by atoms with van der Waals surface area (Å²) in [5, 5.41) is 1.03. The van der Waals surface area contributed by atoms with Crippen LogP contribution in [0.3, 0.4) is 0 Å². The van der Waals surface area contributed by atoms with Gasteiger partial charge in [0.1, 0.15) is 5.03 Å². The van der Waals surface area contributed by atoms with Gasteiger partial charge in [0.15, 0.2) is 0 Å². The summed E-state index contributed by atoms with van der Waals surface area (Å²) in [5.41, 5.74) is 8.70. The summed E-state index contributed by atoms with van der Waals surface area (Å²) in [6.45, 7) is 4.25. The van der Waals surface area contributed by atoms with Crippen molar-refractivity contribution in [2.45, 2.75) is 42.7 Å². The van der Waals surface area contributed by atoms with Crippen molar-refractivity contribution in [3.63, 3.8) is 0 Å². The Morgan fingerprint density at radius 1 is 1.26 bits per heavy atom. The predicted molar refractivity (Wildman–Crippen MR) is 81.5 cm³/mol. The number of hydrogen-bond donors (Lipinski definition) is 1. The van der Waals surface area contributed by atoms with Gasteiger partial charge in [-0.05, 0) is 43.5 Å². The van der Waals surface area contributed by atoms with Crippen molar-refractivity contribution in [3.8, 4) is 0 Å². The van der Waals surface area contributed by atoms with Gasteiger partial charge >= 0.3 is 0 Å². The van der Waals surface area contributed by atoms with Gasteiger partial charge in [-0.25, -0.2) is 4.98 Å². The zero-order valence-corrected chi connectivity index (χ0v) is 12.3. The maximum Gasteiger partial charge on any atom is 0.101 e. The Hall–Kier alpha value is -1.32. The summed E-state index contributed by atoms with van der Waals surface area (Å²) in [4.78, 5) is 5.63. The highest BCUT2D eigenvalue weighted by Gasteiger charge is 2.09. The van der Waals surface area contributed by atoms with Crippen LogP contribution in [0.5, 0.6) is 0 Å². The van der Waals surface area contributed by atoms with E-state index in [1.807, 2.05) is 24.4 Å². The molecule has 1 aromatic carbocycles. The van der Waals surface area contributed by atoms with Gasteiger partial charge in [0.2, 0.25) is 0 Å². The van der Waals surface area contributed by atoms with Crippen LogP contribution in [-0.2, 0) is 6.42 Å². The molecule has 2 nitrogen and oxygen atoms in total. The molecule has 0 saturated heterocycles. The van der Waals surface area contributed by atoms with E-state index in [1.165, 1.54) is 16.0 Å². The number of pyridine rings is 1. The van der Waals surface area contributed by atoms with Gasteiger partial charge in [-0.15, -0.1) is 0 Å². The monoisotopic (exact) mass is 272 g/mol.